The van der Waals surface area contributed by atoms with Gasteiger partial charge in [-0.1, -0.05) is 36.4 Å². The second-order valence-corrected chi connectivity index (χ2v) is 6.93. The van der Waals surface area contributed by atoms with E-state index in [0.717, 1.165) is 50.3 Å². The molecule has 8 nitrogen and oxygen atoms in total. The van der Waals surface area contributed by atoms with Crippen molar-refractivity contribution in [3.05, 3.63) is 66.1 Å². The maximum atomic E-state index is 5.53. The smallest absolute Gasteiger partial charge is 0.191 e. The van der Waals surface area contributed by atoms with Gasteiger partial charge >= 0.3 is 0 Å². The fourth-order valence-electron chi connectivity index (χ4n) is 3.61. The number of guanidine groups is 1. The molecule has 3 heterocycles. The summed E-state index contributed by atoms with van der Waals surface area (Å²) in [5, 5.41) is 15.3. The number of aliphatic imine (C=N–C) groups is 1. The zero-order chi connectivity index (χ0) is 19.9. The van der Waals surface area contributed by atoms with Crippen LogP contribution >= 0.6 is 24.0 Å². The molecule has 0 saturated carbocycles. The number of halogens is 1. The number of ether oxygens (including phenoxy) is 1. The molecule has 2 N–H and O–H groups in total. The van der Waals surface area contributed by atoms with Crippen molar-refractivity contribution in [3.8, 4) is 0 Å². The van der Waals surface area contributed by atoms with E-state index in [1.54, 1.807) is 7.05 Å². The molecule has 4 rings (SSSR count). The van der Waals surface area contributed by atoms with Crippen molar-refractivity contribution >= 4 is 35.6 Å². The van der Waals surface area contributed by atoms with E-state index in [1.165, 1.54) is 5.56 Å². The third kappa shape index (κ3) is 5.46. The molecular weight excluding hydrogens is 493 g/mol. The molecule has 0 spiro atoms. The SMILES string of the molecule is CN=C(NCc1nnc2ccccn12)NCC(c1ccccc1)N1CCOCC1.I. The molecule has 160 valence electrons. The fourth-order valence-corrected chi connectivity index (χ4v) is 3.61. The summed E-state index contributed by atoms with van der Waals surface area (Å²) < 4.78 is 7.51. The molecule has 1 unspecified atom stereocenters. The minimum absolute atomic E-state index is 0. The van der Waals surface area contributed by atoms with Crippen molar-refractivity contribution in [2.75, 3.05) is 39.9 Å². The molecule has 1 aliphatic heterocycles. The van der Waals surface area contributed by atoms with Crippen molar-refractivity contribution in [2.24, 2.45) is 4.99 Å². The number of fused-ring (bicyclic) bond motifs is 1. The van der Waals surface area contributed by atoms with Gasteiger partial charge in [-0.3, -0.25) is 14.3 Å². The van der Waals surface area contributed by atoms with Crippen LogP contribution in [-0.2, 0) is 11.3 Å². The van der Waals surface area contributed by atoms with Crippen LogP contribution in [0.15, 0.2) is 59.7 Å². The molecular formula is C21H28IN7O. The van der Waals surface area contributed by atoms with Crippen LogP contribution in [0, 0.1) is 0 Å². The Hall–Kier alpha value is -2.24. The van der Waals surface area contributed by atoms with Crippen molar-refractivity contribution in [1.29, 1.82) is 0 Å². The Morgan fingerprint density at radius 2 is 1.83 bits per heavy atom. The van der Waals surface area contributed by atoms with E-state index in [9.17, 15) is 0 Å². The van der Waals surface area contributed by atoms with Gasteiger partial charge in [0.05, 0.1) is 25.8 Å². The predicted octanol–water partition coefficient (Wildman–Crippen LogP) is 2.09. The number of hydrogen-bond donors (Lipinski definition) is 2. The zero-order valence-corrected chi connectivity index (χ0v) is 19.4. The number of morpholine rings is 1. The summed E-state index contributed by atoms with van der Waals surface area (Å²) in [6.45, 7) is 4.70. The van der Waals surface area contributed by atoms with Gasteiger partial charge in [0.15, 0.2) is 17.4 Å². The maximum absolute atomic E-state index is 5.53. The molecule has 1 saturated heterocycles. The van der Waals surface area contributed by atoms with Crippen LogP contribution in [0.2, 0.25) is 0 Å². The lowest BCUT2D eigenvalue weighted by molar-refractivity contribution is 0.0170. The normalized spacial score (nSPS) is 16.1. The highest BCUT2D eigenvalue weighted by atomic mass is 127. The van der Waals surface area contributed by atoms with Crippen LogP contribution in [0.4, 0.5) is 0 Å². The lowest BCUT2D eigenvalue weighted by atomic mass is 10.0. The van der Waals surface area contributed by atoms with Crippen molar-refractivity contribution in [2.45, 2.75) is 12.6 Å². The third-order valence-electron chi connectivity index (χ3n) is 5.16. The van der Waals surface area contributed by atoms with Crippen LogP contribution in [-0.4, -0.2) is 65.4 Å². The Balaban J connectivity index is 0.00000256. The number of hydrogen-bond acceptors (Lipinski definition) is 5. The van der Waals surface area contributed by atoms with E-state index in [0.29, 0.717) is 6.54 Å². The highest BCUT2D eigenvalue weighted by molar-refractivity contribution is 14.0. The third-order valence-corrected chi connectivity index (χ3v) is 5.16. The van der Waals surface area contributed by atoms with Crippen molar-refractivity contribution in [3.63, 3.8) is 0 Å². The zero-order valence-electron chi connectivity index (χ0n) is 17.1. The second-order valence-electron chi connectivity index (χ2n) is 6.93. The minimum Gasteiger partial charge on any atom is -0.379 e. The first-order valence-corrected chi connectivity index (χ1v) is 9.95. The fraction of sp³-hybridized carbons (Fsp3) is 0.381. The lowest BCUT2D eigenvalue weighted by Gasteiger charge is -2.35. The van der Waals surface area contributed by atoms with Crippen molar-refractivity contribution in [1.82, 2.24) is 30.1 Å². The molecule has 0 aliphatic carbocycles. The summed E-state index contributed by atoms with van der Waals surface area (Å²) in [6, 6.07) is 16.7. The van der Waals surface area contributed by atoms with Crippen LogP contribution in [0.5, 0.6) is 0 Å². The number of benzene rings is 1. The Kier molecular flexibility index (Phi) is 8.40. The summed E-state index contributed by atoms with van der Waals surface area (Å²) in [6.07, 6.45) is 1.96. The Morgan fingerprint density at radius 1 is 1.07 bits per heavy atom. The summed E-state index contributed by atoms with van der Waals surface area (Å²) in [5.74, 6) is 1.59. The summed E-state index contributed by atoms with van der Waals surface area (Å²) in [7, 11) is 1.78. The first kappa shape index (κ1) is 22.4. The lowest BCUT2D eigenvalue weighted by Crippen LogP contribution is -2.46. The number of aromatic nitrogens is 3. The molecule has 1 atom stereocenters. The average molecular weight is 521 g/mol. The monoisotopic (exact) mass is 521 g/mol. The quantitative estimate of drug-likeness (QED) is 0.294. The number of nitrogens with zero attached hydrogens (tertiary/aromatic N) is 5. The van der Waals surface area contributed by atoms with Crippen LogP contribution in [0.25, 0.3) is 5.65 Å². The van der Waals surface area contributed by atoms with Crippen LogP contribution in [0.3, 0.4) is 0 Å². The van der Waals surface area contributed by atoms with Crippen LogP contribution in [0.1, 0.15) is 17.4 Å². The highest BCUT2D eigenvalue weighted by Gasteiger charge is 2.22. The Bertz CT molecular complexity index is 941. The van der Waals surface area contributed by atoms with Gasteiger partial charge in [0, 0.05) is 32.9 Å². The molecule has 3 aromatic rings. The predicted molar refractivity (Wildman–Crippen MR) is 128 cm³/mol. The second kappa shape index (κ2) is 11.2. The van der Waals surface area contributed by atoms with Gasteiger partial charge in [-0.05, 0) is 17.7 Å². The number of rotatable bonds is 6. The van der Waals surface area contributed by atoms with Crippen molar-refractivity contribution < 1.29 is 4.74 Å². The summed E-state index contributed by atoms with van der Waals surface area (Å²) >= 11 is 0. The molecule has 0 radical (unpaired) electrons. The van der Waals surface area contributed by atoms with E-state index in [2.05, 4.69) is 61.1 Å². The largest absolute Gasteiger partial charge is 0.379 e. The molecule has 1 fully saturated rings. The molecule has 0 amide bonds. The van der Waals surface area contributed by atoms with E-state index in [1.807, 2.05) is 28.8 Å². The molecule has 0 bridgehead atoms. The summed E-state index contributed by atoms with van der Waals surface area (Å²) in [4.78, 5) is 6.84. The highest BCUT2D eigenvalue weighted by Crippen LogP contribution is 2.21. The van der Waals surface area contributed by atoms with E-state index < -0.39 is 0 Å². The number of nitrogens with one attached hydrogen (secondary N) is 2. The maximum Gasteiger partial charge on any atom is 0.191 e. The van der Waals surface area contributed by atoms with E-state index >= 15 is 0 Å². The molecule has 30 heavy (non-hydrogen) atoms. The first-order chi connectivity index (χ1) is 14.3. The van der Waals surface area contributed by atoms with Gasteiger partial charge in [-0.2, -0.15) is 0 Å². The van der Waals surface area contributed by atoms with Crippen LogP contribution < -0.4 is 10.6 Å². The molecule has 2 aromatic heterocycles. The molecule has 9 heteroatoms. The summed E-state index contributed by atoms with van der Waals surface area (Å²) in [5.41, 5.74) is 2.13. The Morgan fingerprint density at radius 3 is 2.60 bits per heavy atom. The van der Waals surface area contributed by atoms with Gasteiger partial charge in [-0.25, -0.2) is 0 Å². The topological polar surface area (TPSA) is 79.1 Å². The Labute approximate surface area is 193 Å². The number of pyridine rings is 1. The van der Waals surface area contributed by atoms with Gasteiger partial charge < -0.3 is 15.4 Å². The van der Waals surface area contributed by atoms with Gasteiger partial charge in [0.1, 0.15) is 0 Å². The minimum atomic E-state index is 0. The standard InChI is InChI=1S/C21H27N7O.HI/c1-22-21(24-16-20-26-25-19-9-5-6-10-28(19)20)23-15-18(17-7-3-2-4-8-17)27-11-13-29-14-12-27;/h2-10,18H,11-16H2,1H3,(H2,22,23,24);1H. The van der Waals surface area contributed by atoms with Gasteiger partial charge in [0.25, 0.3) is 0 Å². The van der Waals surface area contributed by atoms with Gasteiger partial charge in [-0.15, -0.1) is 34.2 Å². The van der Waals surface area contributed by atoms with E-state index in [4.69, 9.17) is 4.74 Å². The first-order valence-electron chi connectivity index (χ1n) is 9.95. The average Bonchev–Trinajstić information content (AvgIpc) is 3.21. The molecule has 1 aliphatic rings. The molecule has 1 aromatic carbocycles. The van der Waals surface area contributed by atoms with E-state index in [-0.39, 0.29) is 30.0 Å². The van der Waals surface area contributed by atoms with Gasteiger partial charge in [0.2, 0.25) is 0 Å².